The highest BCUT2D eigenvalue weighted by atomic mass is 16.4. The highest BCUT2D eigenvalue weighted by Gasteiger charge is 2.19. The maximum atomic E-state index is 12.0. The Morgan fingerprint density at radius 3 is 2.76 bits per heavy atom. The number of aliphatic carboxylic acids is 1. The summed E-state index contributed by atoms with van der Waals surface area (Å²) < 4.78 is 1.46. The summed E-state index contributed by atoms with van der Waals surface area (Å²) in [6.07, 6.45) is 5.29. The minimum Gasteiger partial charge on any atom is -0.480 e. The molecule has 2 N–H and O–H groups in total. The topological polar surface area (TPSA) is 110 Å². The Morgan fingerprint density at radius 2 is 2.24 bits per heavy atom. The molecule has 1 atom stereocenters. The van der Waals surface area contributed by atoms with Crippen LogP contribution in [0.3, 0.4) is 0 Å². The van der Waals surface area contributed by atoms with Crippen molar-refractivity contribution < 1.29 is 14.7 Å². The zero-order valence-electron chi connectivity index (χ0n) is 11.4. The number of nitrogens with one attached hydrogen (secondary N) is 1. The normalized spacial score (nSPS) is 11.9. The van der Waals surface area contributed by atoms with Crippen molar-refractivity contribution in [3.63, 3.8) is 0 Å². The van der Waals surface area contributed by atoms with Crippen LogP contribution in [0.2, 0.25) is 0 Å². The van der Waals surface area contributed by atoms with Crippen LogP contribution in [0.25, 0.3) is 5.82 Å². The van der Waals surface area contributed by atoms with Gasteiger partial charge in [0.1, 0.15) is 18.7 Å². The van der Waals surface area contributed by atoms with E-state index in [1.807, 2.05) is 6.92 Å². The van der Waals surface area contributed by atoms with Crippen molar-refractivity contribution in [1.82, 2.24) is 25.1 Å². The average Bonchev–Trinajstić information content (AvgIpc) is 3.01. The van der Waals surface area contributed by atoms with Crippen molar-refractivity contribution in [3.05, 3.63) is 36.5 Å². The minimum atomic E-state index is -1.04. The fraction of sp³-hybridized carbons (Fsp3) is 0.308. The molecule has 2 aromatic rings. The van der Waals surface area contributed by atoms with Crippen molar-refractivity contribution in [1.29, 1.82) is 0 Å². The third kappa shape index (κ3) is 3.62. The van der Waals surface area contributed by atoms with Gasteiger partial charge in [0.15, 0.2) is 5.82 Å². The minimum absolute atomic E-state index is 0.293. The van der Waals surface area contributed by atoms with Gasteiger partial charge in [0.05, 0.1) is 5.56 Å². The molecule has 1 amide bonds. The maximum Gasteiger partial charge on any atom is 0.326 e. The van der Waals surface area contributed by atoms with Gasteiger partial charge >= 0.3 is 5.97 Å². The summed E-state index contributed by atoms with van der Waals surface area (Å²) in [5.41, 5.74) is 0.293. The van der Waals surface area contributed by atoms with Crippen molar-refractivity contribution in [2.75, 3.05) is 0 Å². The molecule has 0 aliphatic carbocycles. The van der Waals surface area contributed by atoms with Gasteiger partial charge in [-0.25, -0.2) is 19.4 Å². The lowest BCUT2D eigenvalue weighted by Gasteiger charge is -2.13. The summed E-state index contributed by atoms with van der Waals surface area (Å²) in [7, 11) is 0. The second-order valence-electron chi connectivity index (χ2n) is 4.40. The van der Waals surface area contributed by atoms with Crippen LogP contribution in [-0.4, -0.2) is 42.8 Å². The number of carboxylic acids is 1. The average molecular weight is 289 g/mol. The molecule has 0 saturated heterocycles. The molecule has 2 aromatic heterocycles. The van der Waals surface area contributed by atoms with Gasteiger partial charge in [-0.1, -0.05) is 13.3 Å². The molecule has 0 spiro atoms. The first-order chi connectivity index (χ1) is 10.1. The van der Waals surface area contributed by atoms with Gasteiger partial charge in [0, 0.05) is 6.20 Å². The third-order valence-corrected chi connectivity index (χ3v) is 2.84. The number of carbonyl (C=O) groups excluding carboxylic acids is 1. The van der Waals surface area contributed by atoms with E-state index in [9.17, 15) is 9.59 Å². The van der Waals surface area contributed by atoms with E-state index in [0.717, 1.165) is 0 Å². The van der Waals surface area contributed by atoms with Gasteiger partial charge in [-0.15, -0.1) is 0 Å². The fourth-order valence-electron chi connectivity index (χ4n) is 1.77. The molecule has 110 valence electrons. The molecule has 0 saturated carbocycles. The molecule has 0 aromatic carbocycles. The van der Waals surface area contributed by atoms with Gasteiger partial charge in [-0.2, -0.15) is 5.10 Å². The SMILES string of the molecule is CCC[C@H](NC(=O)c1ccc(-n2cncn2)nc1)C(=O)O. The molecule has 0 bridgehead atoms. The van der Waals surface area contributed by atoms with E-state index in [4.69, 9.17) is 5.11 Å². The highest BCUT2D eigenvalue weighted by molar-refractivity contribution is 5.96. The van der Waals surface area contributed by atoms with Crippen LogP contribution < -0.4 is 5.32 Å². The van der Waals surface area contributed by atoms with Gasteiger partial charge in [0.2, 0.25) is 0 Å². The van der Waals surface area contributed by atoms with Gasteiger partial charge in [-0.05, 0) is 18.6 Å². The van der Waals surface area contributed by atoms with Crippen LogP contribution in [-0.2, 0) is 4.79 Å². The standard InChI is InChI=1S/C13H15N5O3/c1-2-3-10(13(20)21)17-12(19)9-4-5-11(15-6-9)18-8-14-7-16-18/h4-8,10H,2-3H2,1H3,(H,17,19)(H,20,21)/t10-/m0/s1. The van der Waals surface area contributed by atoms with Gasteiger partial charge in [0.25, 0.3) is 5.91 Å². The van der Waals surface area contributed by atoms with Crippen LogP contribution >= 0.6 is 0 Å². The second-order valence-corrected chi connectivity index (χ2v) is 4.40. The lowest BCUT2D eigenvalue weighted by atomic mass is 10.1. The van der Waals surface area contributed by atoms with Gasteiger partial charge < -0.3 is 10.4 Å². The van der Waals surface area contributed by atoms with E-state index in [0.29, 0.717) is 24.2 Å². The Labute approximate surface area is 120 Å². The first-order valence-corrected chi connectivity index (χ1v) is 6.46. The van der Waals surface area contributed by atoms with Crippen molar-refractivity contribution in [2.24, 2.45) is 0 Å². The third-order valence-electron chi connectivity index (χ3n) is 2.84. The van der Waals surface area contributed by atoms with E-state index in [-0.39, 0.29) is 0 Å². The molecule has 8 heteroatoms. The number of hydrogen-bond donors (Lipinski definition) is 2. The number of nitrogens with zero attached hydrogens (tertiary/aromatic N) is 4. The Kier molecular flexibility index (Phi) is 4.60. The van der Waals surface area contributed by atoms with Crippen LogP contribution in [0.1, 0.15) is 30.1 Å². The number of aromatic nitrogens is 4. The Hall–Kier alpha value is -2.77. The molecule has 2 rings (SSSR count). The van der Waals surface area contributed by atoms with E-state index < -0.39 is 17.9 Å². The number of rotatable bonds is 6. The monoisotopic (exact) mass is 289 g/mol. The number of carbonyl (C=O) groups is 2. The highest BCUT2D eigenvalue weighted by Crippen LogP contribution is 2.05. The Balaban J connectivity index is 2.07. The van der Waals surface area contributed by atoms with Gasteiger partial charge in [-0.3, -0.25) is 4.79 Å². The zero-order valence-corrected chi connectivity index (χ0v) is 11.4. The molecule has 0 unspecified atom stereocenters. The van der Waals surface area contributed by atoms with Crippen molar-refractivity contribution >= 4 is 11.9 Å². The summed E-state index contributed by atoms with van der Waals surface area (Å²) in [4.78, 5) is 30.9. The predicted molar refractivity (Wildman–Crippen MR) is 73.0 cm³/mol. The predicted octanol–water partition coefficient (Wildman–Crippen LogP) is 0.645. The van der Waals surface area contributed by atoms with Crippen LogP contribution in [0.5, 0.6) is 0 Å². The zero-order chi connectivity index (χ0) is 15.2. The summed E-state index contributed by atoms with van der Waals surface area (Å²) in [6.45, 7) is 1.86. The Morgan fingerprint density at radius 1 is 1.43 bits per heavy atom. The largest absolute Gasteiger partial charge is 0.480 e. The first kappa shape index (κ1) is 14.6. The van der Waals surface area contributed by atoms with E-state index in [2.05, 4.69) is 20.4 Å². The van der Waals surface area contributed by atoms with E-state index in [1.54, 1.807) is 12.1 Å². The maximum absolute atomic E-state index is 12.0. The molecule has 0 fully saturated rings. The molecule has 0 radical (unpaired) electrons. The van der Waals surface area contributed by atoms with E-state index in [1.165, 1.54) is 23.5 Å². The number of amides is 1. The number of hydrogen-bond acceptors (Lipinski definition) is 5. The van der Waals surface area contributed by atoms with Crippen molar-refractivity contribution in [3.8, 4) is 5.82 Å². The van der Waals surface area contributed by atoms with Crippen LogP contribution in [0.4, 0.5) is 0 Å². The van der Waals surface area contributed by atoms with Crippen LogP contribution in [0, 0.1) is 0 Å². The molecule has 0 aliphatic rings. The lowest BCUT2D eigenvalue weighted by molar-refractivity contribution is -0.139. The molecule has 0 aliphatic heterocycles. The fourth-order valence-corrected chi connectivity index (χ4v) is 1.77. The molecule has 8 nitrogen and oxygen atoms in total. The van der Waals surface area contributed by atoms with E-state index >= 15 is 0 Å². The molecule has 2 heterocycles. The first-order valence-electron chi connectivity index (χ1n) is 6.46. The summed E-state index contributed by atoms with van der Waals surface area (Å²) in [5.74, 6) is -0.988. The summed E-state index contributed by atoms with van der Waals surface area (Å²) in [6, 6.07) is 2.28. The summed E-state index contributed by atoms with van der Waals surface area (Å²) >= 11 is 0. The van der Waals surface area contributed by atoms with Crippen molar-refractivity contribution in [2.45, 2.75) is 25.8 Å². The number of carboxylic acid groups (broad SMARTS) is 1. The number of pyridine rings is 1. The summed E-state index contributed by atoms with van der Waals surface area (Å²) in [5, 5.41) is 15.4. The molecular weight excluding hydrogens is 274 g/mol. The Bertz CT molecular complexity index is 609. The van der Waals surface area contributed by atoms with Crippen LogP contribution in [0.15, 0.2) is 31.0 Å². The smallest absolute Gasteiger partial charge is 0.326 e. The molecular formula is C13H15N5O3. The lowest BCUT2D eigenvalue weighted by Crippen LogP contribution is -2.40. The second kappa shape index (κ2) is 6.60. The molecule has 21 heavy (non-hydrogen) atoms. The quantitative estimate of drug-likeness (QED) is 0.807.